The zero-order chi connectivity index (χ0) is 10.7. The molecule has 15 heavy (non-hydrogen) atoms. The maximum absolute atomic E-state index is 10.8. The lowest BCUT2D eigenvalue weighted by atomic mass is 9.85. The zero-order valence-electron chi connectivity index (χ0n) is 8.53. The number of carboxylic acids is 1. The van der Waals surface area contributed by atoms with E-state index in [1.54, 1.807) is 0 Å². The van der Waals surface area contributed by atoms with Crippen LogP contribution in [0.3, 0.4) is 0 Å². The Morgan fingerprint density at radius 2 is 2.40 bits per heavy atom. The second-order valence-corrected chi connectivity index (χ2v) is 4.92. The summed E-state index contributed by atoms with van der Waals surface area (Å²) in [6, 6.07) is 1.89. The van der Waals surface area contributed by atoms with Crippen molar-refractivity contribution in [1.29, 1.82) is 0 Å². The molecule has 0 bridgehead atoms. The van der Waals surface area contributed by atoms with Gasteiger partial charge in [-0.15, -0.1) is 11.3 Å². The number of rotatable bonds is 5. The highest BCUT2D eigenvalue weighted by Gasteiger charge is 2.17. The first kappa shape index (κ1) is 10.6. The summed E-state index contributed by atoms with van der Waals surface area (Å²) < 4.78 is 0. The summed E-state index contributed by atoms with van der Waals surface area (Å²) >= 11 is 1.30. The van der Waals surface area contributed by atoms with Crippen molar-refractivity contribution >= 4 is 17.3 Å². The average Bonchev–Trinajstić information content (AvgIpc) is 2.57. The van der Waals surface area contributed by atoms with Crippen LogP contribution in [0, 0.1) is 5.92 Å². The summed E-state index contributed by atoms with van der Waals surface area (Å²) in [4.78, 5) is 11.3. The van der Waals surface area contributed by atoms with E-state index in [1.165, 1.54) is 30.6 Å². The Bertz CT molecular complexity index is 344. The minimum atomic E-state index is -0.814. The van der Waals surface area contributed by atoms with Crippen molar-refractivity contribution in [3.05, 3.63) is 21.9 Å². The number of hydrogen-bond acceptors (Lipinski definition) is 3. The van der Waals surface area contributed by atoms with Crippen molar-refractivity contribution in [1.82, 2.24) is 5.32 Å². The van der Waals surface area contributed by atoms with Crippen molar-refractivity contribution in [2.24, 2.45) is 5.92 Å². The van der Waals surface area contributed by atoms with Crippen LogP contribution in [0.4, 0.5) is 0 Å². The lowest BCUT2D eigenvalue weighted by Crippen LogP contribution is -2.27. The smallest absolute Gasteiger partial charge is 0.346 e. The van der Waals surface area contributed by atoms with E-state index in [9.17, 15) is 4.79 Å². The molecule has 82 valence electrons. The van der Waals surface area contributed by atoms with Crippen molar-refractivity contribution in [3.8, 4) is 0 Å². The summed E-state index contributed by atoms with van der Waals surface area (Å²) in [6.07, 6.45) is 4.00. The second-order valence-electron chi connectivity index (χ2n) is 4.01. The molecule has 0 saturated heterocycles. The fourth-order valence-corrected chi connectivity index (χ4v) is 2.53. The molecule has 4 heteroatoms. The van der Waals surface area contributed by atoms with Gasteiger partial charge in [-0.3, -0.25) is 0 Å². The molecule has 0 unspecified atom stereocenters. The third-order valence-electron chi connectivity index (χ3n) is 2.91. The summed E-state index contributed by atoms with van der Waals surface area (Å²) in [5.41, 5.74) is 0.909. The molecule has 2 N–H and O–H groups in total. The molecule has 2 rings (SSSR count). The molecule has 1 aromatic rings. The number of carboxylic acid groups (broad SMARTS) is 1. The van der Waals surface area contributed by atoms with Crippen molar-refractivity contribution in [2.75, 3.05) is 6.54 Å². The molecular weight excluding hydrogens is 210 g/mol. The fourth-order valence-electron chi connectivity index (χ4n) is 1.77. The fraction of sp³-hybridized carbons (Fsp3) is 0.545. The van der Waals surface area contributed by atoms with Gasteiger partial charge in [0.1, 0.15) is 4.88 Å². The first-order valence-corrected chi connectivity index (χ1v) is 6.15. The van der Waals surface area contributed by atoms with Crippen LogP contribution in [0.1, 0.15) is 34.5 Å². The van der Waals surface area contributed by atoms with Gasteiger partial charge >= 0.3 is 5.97 Å². The van der Waals surface area contributed by atoms with Crippen molar-refractivity contribution < 1.29 is 9.90 Å². The van der Waals surface area contributed by atoms with Gasteiger partial charge in [-0.05, 0) is 42.3 Å². The second kappa shape index (κ2) is 4.77. The first-order chi connectivity index (χ1) is 7.27. The van der Waals surface area contributed by atoms with Crippen LogP contribution in [0.15, 0.2) is 11.4 Å². The van der Waals surface area contributed by atoms with E-state index in [0.29, 0.717) is 11.4 Å². The highest BCUT2D eigenvalue weighted by molar-refractivity contribution is 7.12. The summed E-state index contributed by atoms with van der Waals surface area (Å²) in [5, 5.41) is 14.1. The van der Waals surface area contributed by atoms with Gasteiger partial charge in [0.25, 0.3) is 0 Å². The van der Waals surface area contributed by atoms with Crippen molar-refractivity contribution in [2.45, 2.75) is 25.8 Å². The SMILES string of the molecule is O=C(O)c1sccc1CNCC1CCC1. The quantitative estimate of drug-likeness (QED) is 0.808. The number of nitrogens with one attached hydrogen (secondary N) is 1. The van der Waals surface area contributed by atoms with Crippen LogP contribution < -0.4 is 5.32 Å². The maximum Gasteiger partial charge on any atom is 0.346 e. The summed E-state index contributed by atoms with van der Waals surface area (Å²) in [7, 11) is 0. The normalized spacial score (nSPS) is 16.3. The van der Waals surface area contributed by atoms with E-state index in [1.807, 2.05) is 11.4 Å². The van der Waals surface area contributed by atoms with Gasteiger partial charge in [-0.25, -0.2) is 4.79 Å². The van der Waals surface area contributed by atoms with Crippen LogP contribution in [-0.2, 0) is 6.54 Å². The molecule has 0 radical (unpaired) electrons. The van der Waals surface area contributed by atoms with E-state index in [2.05, 4.69) is 5.32 Å². The lowest BCUT2D eigenvalue weighted by molar-refractivity contribution is 0.0701. The van der Waals surface area contributed by atoms with E-state index < -0.39 is 5.97 Å². The van der Waals surface area contributed by atoms with Gasteiger partial charge in [0.2, 0.25) is 0 Å². The topological polar surface area (TPSA) is 49.3 Å². The Morgan fingerprint density at radius 3 is 3.00 bits per heavy atom. The van der Waals surface area contributed by atoms with E-state index in [-0.39, 0.29) is 0 Å². The standard InChI is InChI=1S/C11H15NO2S/c13-11(14)10-9(4-5-15-10)7-12-6-8-2-1-3-8/h4-5,8,12H,1-3,6-7H2,(H,13,14). The van der Waals surface area contributed by atoms with Crippen LogP contribution in [0.5, 0.6) is 0 Å². The van der Waals surface area contributed by atoms with Gasteiger partial charge in [-0.2, -0.15) is 0 Å². The van der Waals surface area contributed by atoms with Crippen LogP contribution in [0.25, 0.3) is 0 Å². The predicted octanol–water partition coefficient (Wildman–Crippen LogP) is 2.34. The largest absolute Gasteiger partial charge is 0.477 e. The highest BCUT2D eigenvalue weighted by atomic mass is 32.1. The van der Waals surface area contributed by atoms with E-state index in [4.69, 9.17) is 5.11 Å². The molecule has 0 amide bonds. The van der Waals surface area contributed by atoms with Crippen LogP contribution in [-0.4, -0.2) is 17.6 Å². The van der Waals surface area contributed by atoms with Gasteiger partial charge < -0.3 is 10.4 Å². The minimum absolute atomic E-state index is 0.469. The molecule has 1 aliphatic rings. The summed E-state index contributed by atoms with van der Waals surface area (Å²) in [6.45, 7) is 1.70. The molecule has 1 heterocycles. The van der Waals surface area contributed by atoms with Gasteiger partial charge in [0.15, 0.2) is 0 Å². The Morgan fingerprint density at radius 1 is 1.60 bits per heavy atom. The molecule has 1 aliphatic carbocycles. The Balaban J connectivity index is 1.81. The first-order valence-electron chi connectivity index (χ1n) is 5.27. The van der Waals surface area contributed by atoms with Gasteiger partial charge in [0.05, 0.1) is 0 Å². The average molecular weight is 225 g/mol. The van der Waals surface area contributed by atoms with Crippen molar-refractivity contribution in [3.63, 3.8) is 0 Å². The number of aromatic carboxylic acids is 1. The van der Waals surface area contributed by atoms with Crippen LogP contribution in [0.2, 0.25) is 0 Å². The predicted molar refractivity (Wildman–Crippen MR) is 60.3 cm³/mol. The zero-order valence-corrected chi connectivity index (χ0v) is 9.35. The third-order valence-corrected chi connectivity index (χ3v) is 3.86. The van der Waals surface area contributed by atoms with E-state index >= 15 is 0 Å². The van der Waals surface area contributed by atoms with Crippen LogP contribution >= 0.6 is 11.3 Å². The molecular formula is C11H15NO2S. The Kier molecular flexibility index (Phi) is 3.38. The Labute approximate surface area is 93.1 Å². The lowest BCUT2D eigenvalue weighted by Gasteiger charge is -2.25. The number of hydrogen-bond donors (Lipinski definition) is 2. The third kappa shape index (κ3) is 2.58. The minimum Gasteiger partial charge on any atom is -0.477 e. The monoisotopic (exact) mass is 225 g/mol. The molecule has 3 nitrogen and oxygen atoms in total. The van der Waals surface area contributed by atoms with E-state index in [0.717, 1.165) is 18.0 Å². The Hall–Kier alpha value is -0.870. The summed E-state index contributed by atoms with van der Waals surface area (Å²) in [5.74, 6) is 0.00218. The van der Waals surface area contributed by atoms with Gasteiger partial charge in [0, 0.05) is 6.54 Å². The van der Waals surface area contributed by atoms with Gasteiger partial charge in [-0.1, -0.05) is 6.42 Å². The molecule has 0 aromatic carbocycles. The molecule has 1 aromatic heterocycles. The molecule has 1 saturated carbocycles. The molecule has 0 spiro atoms. The molecule has 0 atom stereocenters. The number of carbonyl (C=O) groups is 1. The highest BCUT2D eigenvalue weighted by Crippen LogP contribution is 2.25. The number of thiophene rings is 1. The maximum atomic E-state index is 10.8. The molecule has 0 aliphatic heterocycles. The molecule has 1 fully saturated rings.